The van der Waals surface area contributed by atoms with Crippen molar-refractivity contribution in [1.29, 1.82) is 0 Å². The quantitative estimate of drug-likeness (QED) is 0.709. The number of carbonyl (C=O) groups is 1. The molecule has 1 heterocycles. The molecular formula is C16H17BrClN3O2. The number of pyridine rings is 1. The molecule has 0 aliphatic heterocycles. The van der Waals surface area contributed by atoms with Crippen LogP contribution in [0.4, 0.5) is 10.6 Å². The van der Waals surface area contributed by atoms with Crippen LogP contribution in [0.3, 0.4) is 0 Å². The van der Waals surface area contributed by atoms with E-state index in [4.69, 9.17) is 16.3 Å². The number of aryl methyl sites for hydroxylation is 1. The highest BCUT2D eigenvalue weighted by Gasteiger charge is 2.05. The third-order valence-electron chi connectivity index (χ3n) is 3.00. The van der Waals surface area contributed by atoms with Crippen LogP contribution in [0.1, 0.15) is 12.0 Å². The van der Waals surface area contributed by atoms with Gasteiger partial charge in [0.1, 0.15) is 11.6 Å². The molecule has 0 spiro atoms. The number of nitrogens with one attached hydrogen (secondary N) is 2. The third kappa shape index (κ3) is 5.73. The number of urea groups is 1. The molecule has 0 bridgehead atoms. The number of rotatable bonds is 6. The number of hydrogen-bond donors (Lipinski definition) is 2. The van der Waals surface area contributed by atoms with E-state index in [1.54, 1.807) is 18.3 Å². The summed E-state index contributed by atoms with van der Waals surface area (Å²) in [5.41, 5.74) is 0.913. The Kier molecular flexibility index (Phi) is 6.67. The molecule has 0 saturated carbocycles. The Morgan fingerprint density at radius 2 is 2.22 bits per heavy atom. The van der Waals surface area contributed by atoms with Crippen LogP contribution in [0.2, 0.25) is 5.02 Å². The van der Waals surface area contributed by atoms with Crippen molar-refractivity contribution < 1.29 is 9.53 Å². The maximum Gasteiger partial charge on any atom is 0.320 e. The lowest BCUT2D eigenvalue weighted by Gasteiger charge is -2.10. The number of benzene rings is 1. The fourth-order valence-electron chi connectivity index (χ4n) is 1.82. The molecule has 0 radical (unpaired) electrons. The van der Waals surface area contributed by atoms with Gasteiger partial charge in [-0.2, -0.15) is 0 Å². The monoisotopic (exact) mass is 397 g/mol. The second-order valence-corrected chi connectivity index (χ2v) is 6.15. The van der Waals surface area contributed by atoms with E-state index < -0.39 is 0 Å². The molecule has 5 nitrogen and oxygen atoms in total. The molecule has 23 heavy (non-hydrogen) atoms. The van der Waals surface area contributed by atoms with E-state index in [-0.39, 0.29) is 6.03 Å². The summed E-state index contributed by atoms with van der Waals surface area (Å²) in [7, 11) is 0. The van der Waals surface area contributed by atoms with Crippen molar-refractivity contribution in [3.63, 3.8) is 0 Å². The van der Waals surface area contributed by atoms with Gasteiger partial charge in [-0.25, -0.2) is 9.78 Å². The van der Waals surface area contributed by atoms with Gasteiger partial charge in [-0.1, -0.05) is 33.6 Å². The zero-order valence-corrected chi connectivity index (χ0v) is 14.9. The molecule has 0 aliphatic rings. The number of nitrogens with zero attached hydrogens (tertiary/aromatic N) is 1. The highest BCUT2D eigenvalue weighted by molar-refractivity contribution is 9.10. The van der Waals surface area contributed by atoms with Gasteiger partial charge in [-0.05, 0) is 43.2 Å². The molecule has 0 aliphatic carbocycles. The zero-order valence-electron chi connectivity index (χ0n) is 12.6. The van der Waals surface area contributed by atoms with Crippen LogP contribution in [0.5, 0.6) is 5.75 Å². The first-order valence-corrected chi connectivity index (χ1v) is 8.27. The molecule has 0 unspecified atom stereocenters. The smallest absolute Gasteiger partial charge is 0.320 e. The van der Waals surface area contributed by atoms with Gasteiger partial charge >= 0.3 is 6.03 Å². The highest BCUT2D eigenvalue weighted by atomic mass is 79.9. The summed E-state index contributed by atoms with van der Waals surface area (Å²) < 4.78 is 6.48. The van der Waals surface area contributed by atoms with Gasteiger partial charge in [-0.15, -0.1) is 0 Å². The first-order chi connectivity index (χ1) is 11.1. The van der Waals surface area contributed by atoms with Gasteiger partial charge in [0, 0.05) is 17.2 Å². The van der Waals surface area contributed by atoms with Gasteiger partial charge < -0.3 is 10.1 Å². The SMILES string of the molecule is Cc1cccnc1NC(=O)NCCCOc1ccc(Br)cc1Cl. The van der Waals surface area contributed by atoms with Crippen molar-refractivity contribution in [1.82, 2.24) is 10.3 Å². The molecule has 2 amide bonds. The summed E-state index contributed by atoms with van der Waals surface area (Å²) in [6.07, 6.45) is 2.30. The standard InChI is InChI=1S/C16H17BrClN3O2/c1-11-4-2-7-19-15(11)21-16(22)20-8-3-9-23-14-6-5-12(17)10-13(14)18/h2,4-7,10H,3,8-9H2,1H3,(H2,19,20,21,22). The lowest BCUT2D eigenvalue weighted by molar-refractivity contribution is 0.250. The Labute approximate surface area is 148 Å². The maximum absolute atomic E-state index is 11.8. The van der Waals surface area contributed by atoms with Crippen LogP contribution in [-0.2, 0) is 0 Å². The Balaban J connectivity index is 1.67. The average molecular weight is 399 g/mol. The second kappa shape index (κ2) is 8.74. The number of halogens is 2. The summed E-state index contributed by atoms with van der Waals surface area (Å²) >= 11 is 9.39. The van der Waals surface area contributed by atoms with Gasteiger partial charge in [0.15, 0.2) is 0 Å². The van der Waals surface area contributed by atoms with E-state index in [1.165, 1.54) is 0 Å². The first kappa shape index (κ1) is 17.6. The van der Waals surface area contributed by atoms with Crippen LogP contribution in [0.25, 0.3) is 0 Å². The molecule has 0 fully saturated rings. The predicted octanol–water partition coefficient (Wildman–Crippen LogP) is 4.40. The number of ether oxygens (including phenoxy) is 1. The fraction of sp³-hybridized carbons (Fsp3) is 0.250. The van der Waals surface area contributed by atoms with Gasteiger partial charge in [-0.3, -0.25) is 5.32 Å². The topological polar surface area (TPSA) is 63.2 Å². The van der Waals surface area contributed by atoms with Crippen LogP contribution in [0, 0.1) is 6.92 Å². The molecule has 7 heteroatoms. The Morgan fingerprint density at radius 1 is 1.39 bits per heavy atom. The van der Waals surface area contributed by atoms with Crippen LogP contribution >= 0.6 is 27.5 Å². The molecular weight excluding hydrogens is 382 g/mol. The molecule has 0 saturated heterocycles. The number of anilines is 1. The Bertz CT molecular complexity index is 682. The Morgan fingerprint density at radius 3 is 2.96 bits per heavy atom. The molecule has 122 valence electrons. The van der Waals surface area contributed by atoms with Gasteiger partial charge in [0.25, 0.3) is 0 Å². The fourth-order valence-corrected chi connectivity index (χ4v) is 2.54. The van der Waals surface area contributed by atoms with E-state index in [2.05, 4.69) is 31.5 Å². The van der Waals surface area contributed by atoms with E-state index in [9.17, 15) is 4.79 Å². The summed E-state index contributed by atoms with van der Waals surface area (Å²) in [4.78, 5) is 15.9. The predicted molar refractivity (Wildman–Crippen MR) is 95.3 cm³/mol. The van der Waals surface area contributed by atoms with Gasteiger partial charge in [0.05, 0.1) is 11.6 Å². The average Bonchev–Trinajstić information content (AvgIpc) is 2.51. The first-order valence-electron chi connectivity index (χ1n) is 7.10. The molecule has 0 atom stereocenters. The molecule has 2 aromatic rings. The van der Waals surface area contributed by atoms with Crippen molar-refractivity contribution in [2.75, 3.05) is 18.5 Å². The van der Waals surface area contributed by atoms with Gasteiger partial charge in [0.2, 0.25) is 0 Å². The van der Waals surface area contributed by atoms with Crippen molar-refractivity contribution in [3.8, 4) is 5.75 Å². The summed E-state index contributed by atoms with van der Waals surface area (Å²) in [5, 5.41) is 6.02. The van der Waals surface area contributed by atoms with E-state index >= 15 is 0 Å². The number of hydrogen-bond acceptors (Lipinski definition) is 3. The highest BCUT2D eigenvalue weighted by Crippen LogP contribution is 2.27. The lowest BCUT2D eigenvalue weighted by Crippen LogP contribution is -2.30. The molecule has 1 aromatic heterocycles. The number of amides is 2. The minimum atomic E-state index is -0.284. The van der Waals surface area contributed by atoms with Crippen molar-refractivity contribution in [2.24, 2.45) is 0 Å². The van der Waals surface area contributed by atoms with E-state index in [1.807, 2.05) is 25.1 Å². The molecule has 1 aromatic carbocycles. The summed E-state index contributed by atoms with van der Waals surface area (Å²) in [6.45, 7) is 2.84. The van der Waals surface area contributed by atoms with Crippen molar-refractivity contribution in [2.45, 2.75) is 13.3 Å². The second-order valence-electron chi connectivity index (χ2n) is 4.83. The minimum Gasteiger partial charge on any atom is -0.492 e. The normalized spacial score (nSPS) is 10.2. The largest absolute Gasteiger partial charge is 0.492 e. The number of carbonyl (C=O) groups excluding carboxylic acids is 1. The van der Waals surface area contributed by atoms with E-state index in [0.717, 1.165) is 10.0 Å². The molecule has 2 rings (SSSR count). The van der Waals surface area contributed by atoms with Crippen LogP contribution in [-0.4, -0.2) is 24.2 Å². The minimum absolute atomic E-state index is 0.284. The van der Waals surface area contributed by atoms with Crippen molar-refractivity contribution in [3.05, 3.63) is 51.6 Å². The van der Waals surface area contributed by atoms with Crippen molar-refractivity contribution >= 4 is 39.4 Å². The summed E-state index contributed by atoms with van der Waals surface area (Å²) in [5.74, 6) is 1.19. The molecule has 2 N–H and O–H groups in total. The van der Waals surface area contributed by atoms with E-state index in [0.29, 0.717) is 36.2 Å². The maximum atomic E-state index is 11.8. The Hall–Kier alpha value is -1.79. The van der Waals surface area contributed by atoms with Crippen LogP contribution in [0.15, 0.2) is 41.0 Å². The third-order valence-corrected chi connectivity index (χ3v) is 3.79. The number of aromatic nitrogens is 1. The summed E-state index contributed by atoms with van der Waals surface area (Å²) in [6, 6.07) is 8.87. The zero-order chi connectivity index (χ0) is 16.7. The lowest BCUT2D eigenvalue weighted by atomic mass is 10.3. The van der Waals surface area contributed by atoms with Crippen LogP contribution < -0.4 is 15.4 Å².